The fourth-order valence-electron chi connectivity index (χ4n) is 3.79. The summed E-state index contributed by atoms with van der Waals surface area (Å²) in [5.74, 6) is 0.986. The zero-order chi connectivity index (χ0) is 15.4. The maximum absolute atomic E-state index is 12.6. The summed E-state index contributed by atoms with van der Waals surface area (Å²) in [4.78, 5) is 17.2. The molecule has 3 heteroatoms. The second-order valence-corrected chi connectivity index (χ2v) is 6.97. The Bertz CT molecular complexity index is 500. The summed E-state index contributed by atoms with van der Waals surface area (Å²) in [5, 5.41) is 0. The molecule has 0 atom stereocenters. The van der Waals surface area contributed by atoms with Crippen molar-refractivity contribution in [1.29, 1.82) is 0 Å². The van der Waals surface area contributed by atoms with E-state index in [0.717, 1.165) is 43.0 Å². The van der Waals surface area contributed by atoms with Crippen molar-refractivity contribution in [2.24, 2.45) is 5.92 Å². The molecule has 0 unspecified atom stereocenters. The Kier molecular flexibility index (Phi) is 5.14. The molecule has 120 valence electrons. The molecule has 1 aromatic rings. The van der Waals surface area contributed by atoms with Gasteiger partial charge in [-0.3, -0.25) is 4.79 Å². The predicted molar refractivity (Wildman–Crippen MR) is 90.1 cm³/mol. The average Bonchev–Trinajstić information content (AvgIpc) is 2.56. The number of nitrogens with zero attached hydrogens (tertiary/aromatic N) is 2. The van der Waals surface area contributed by atoms with E-state index >= 15 is 0 Å². The molecule has 0 spiro atoms. The quantitative estimate of drug-likeness (QED) is 0.855. The lowest BCUT2D eigenvalue weighted by Gasteiger charge is -2.36. The van der Waals surface area contributed by atoms with Crippen LogP contribution < -0.4 is 0 Å². The zero-order valence-electron chi connectivity index (χ0n) is 13.8. The van der Waals surface area contributed by atoms with E-state index in [1.165, 1.54) is 38.9 Å². The number of benzene rings is 1. The first-order valence-electron chi connectivity index (χ1n) is 8.80. The van der Waals surface area contributed by atoms with Crippen molar-refractivity contribution in [3.63, 3.8) is 0 Å². The highest BCUT2D eigenvalue weighted by molar-refractivity contribution is 5.94. The van der Waals surface area contributed by atoms with Gasteiger partial charge in [0, 0.05) is 25.2 Å². The van der Waals surface area contributed by atoms with Crippen molar-refractivity contribution < 1.29 is 4.79 Å². The molecule has 1 aromatic carbocycles. The van der Waals surface area contributed by atoms with Gasteiger partial charge in [0.2, 0.25) is 0 Å². The third kappa shape index (κ3) is 3.89. The predicted octanol–water partition coefficient (Wildman–Crippen LogP) is 3.33. The van der Waals surface area contributed by atoms with Crippen LogP contribution in [0.3, 0.4) is 0 Å². The van der Waals surface area contributed by atoms with E-state index in [0.29, 0.717) is 0 Å². The van der Waals surface area contributed by atoms with E-state index in [9.17, 15) is 4.79 Å². The molecule has 0 saturated carbocycles. The number of amides is 1. The molecule has 0 radical (unpaired) electrons. The number of carbonyl (C=O) groups excluding carboxylic acids is 1. The van der Waals surface area contributed by atoms with Crippen LogP contribution in [0.5, 0.6) is 0 Å². The third-order valence-corrected chi connectivity index (χ3v) is 5.13. The van der Waals surface area contributed by atoms with Gasteiger partial charge in [-0.1, -0.05) is 24.1 Å². The van der Waals surface area contributed by atoms with Crippen LogP contribution in [0.2, 0.25) is 0 Å². The Labute approximate surface area is 134 Å². The van der Waals surface area contributed by atoms with Crippen molar-refractivity contribution in [3.8, 4) is 0 Å². The molecule has 0 N–H and O–H groups in total. The van der Waals surface area contributed by atoms with Gasteiger partial charge in [0.25, 0.3) is 5.91 Å². The van der Waals surface area contributed by atoms with Crippen LogP contribution in [0.15, 0.2) is 24.3 Å². The van der Waals surface area contributed by atoms with Crippen LogP contribution in [-0.2, 0) is 0 Å². The molecule has 2 saturated heterocycles. The molecule has 0 bridgehead atoms. The number of rotatable bonds is 3. The van der Waals surface area contributed by atoms with Gasteiger partial charge >= 0.3 is 0 Å². The van der Waals surface area contributed by atoms with Crippen molar-refractivity contribution in [2.45, 2.75) is 39.0 Å². The molecule has 2 heterocycles. The molecule has 1 amide bonds. The Morgan fingerprint density at radius 2 is 1.82 bits per heavy atom. The van der Waals surface area contributed by atoms with Crippen LogP contribution in [-0.4, -0.2) is 48.4 Å². The fraction of sp³-hybridized carbons (Fsp3) is 0.632. The standard InChI is InChI=1S/C19H28N2O/c1-16-6-5-7-18(14-16)19(22)21-12-8-17(9-13-21)15-20-10-3-2-4-11-20/h5-7,14,17H,2-4,8-13,15H2,1H3. The topological polar surface area (TPSA) is 23.6 Å². The Morgan fingerprint density at radius 1 is 1.09 bits per heavy atom. The minimum Gasteiger partial charge on any atom is -0.339 e. The van der Waals surface area contributed by atoms with E-state index in [4.69, 9.17) is 0 Å². The van der Waals surface area contributed by atoms with Gasteiger partial charge in [0.15, 0.2) is 0 Å². The summed E-state index contributed by atoms with van der Waals surface area (Å²) in [6.45, 7) is 7.69. The maximum Gasteiger partial charge on any atom is 0.253 e. The fourth-order valence-corrected chi connectivity index (χ4v) is 3.79. The lowest BCUT2D eigenvalue weighted by Crippen LogP contribution is -2.42. The van der Waals surface area contributed by atoms with Crippen molar-refractivity contribution in [3.05, 3.63) is 35.4 Å². The normalized spacial score (nSPS) is 21.0. The van der Waals surface area contributed by atoms with Gasteiger partial charge in [-0.05, 0) is 63.7 Å². The summed E-state index contributed by atoms with van der Waals surface area (Å²) in [5.41, 5.74) is 2.00. The van der Waals surface area contributed by atoms with Crippen LogP contribution in [0, 0.1) is 12.8 Å². The second-order valence-electron chi connectivity index (χ2n) is 6.97. The number of piperidine rings is 2. The first-order chi connectivity index (χ1) is 10.7. The molecule has 2 aliphatic heterocycles. The molecular formula is C19H28N2O. The van der Waals surface area contributed by atoms with Gasteiger partial charge in [0.1, 0.15) is 0 Å². The molecule has 22 heavy (non-hydrogen) atoms. The van der Waals surface area contributed by atoms with E-state index in [2.05, 4.69) is 4.90 Å². The molecule has 2 fully saturated rings. The molecule has 3 nitrogen and oxygen atoms in total. The minimum atomic E-state index is 0.208. The van der Waals surface area contributed by atoms with Gasteiger partial charge in [-0.25, -0.2) is 0 Å². The largest absolute Gasteiger partial charge is 0.339 e. The lowest BCUT2D eigenvalue weighted by atomic mass is 9.94. The van der Waals surface area contributed by atoms with Gasteiger partial charge < -0.3 is 9.80 Å². The summed E-state index contributed by atoms with van der Waals surface area (Å²) in [6, 6.07) is 7.96. The zero-order valence-corrected chi connectivity index (χ0v) is 13.8. The van der Waals surface area contributed by atoms with E-state index in [1.807, 2.05) is 36.1 Å². The SMILES string of the molecule is Cc1cccc(C(=O)N2CCC(CN3CCCCC3)CC2)c1. The smallest absolute Gasteiger partial charge is 0.253 e. The lowest BCUT2D eigenvalue weighted by molar-refractivity contribution is 0.0660. The summed E-state index contributed by atoms with van der Waals surface area (Å²) >= 11 is 0. The highest BCUT2D eigenvalue weighted by atomic mass is 16.2. The van der Waals surface area contributed by atoms with E-state index in [-0.39, 0.29) is 5.91 Å². The van der Waals surface area contributed by atoms with Gasteiger partial charge in [0.05, 0.1) is 0 Å². The molecule has 0 aliphatic carbocycles. The number of hydrogen-bond donors (Lipinski definition) is 0. The first-order valence-corrected chi connectivity index (χ1v) is 8.80. The average molecular weight is 300 g/mol. The number of likely N-dealkylation sites (tertiary alicyclic amines) is 2. The number of carbonyl (C=O) groups is 1. The highest BCUT2D eigenvalue weighted by Crippen LogP contribution is 2.22. The monoisotopic (exact) mass is 300 g/mol. The Morgan fingerprint density at radius 3 is 2.50 bits per heavy atom. The summed E-state index contributed by atoms with van der Waals surface area (Å²) in [6.07, 6.45) is 6.46. The second kappa shape index (κ2) is 7.28. The molecular weight excluding hydrogens is 272 g/mol. The maximum atomic E-state index is 12.6. The Balaban J connectivity index is 1.49. The van der Waals surface area contributed by atoms with Crippen LogP contribution in [0.25, 0.3) is 0 Å². The summed E-state index contributed by atoms with van der Waals surface area (Å²) in [7, 11) is 0. The third-order valence-electron chi connectivity index (χ3n) is 5.13. The van der Waals surface area contributed by atoms with Crippen molar-refractivity contribution in [2.75, 3.05) is 32.7 Å². The highest BCUT2D eigenvalue weighted by Gasteiger charge is 2.25. The minimum absolute atomic E-state index is 0.208. The van der Waals surface area contributed by atoms with Crippen LogP contribution >= 0.6 is 0 Å². The Hall–Kier alpha value is -1.35. The van der Waals surface area contributed by atoms with Crippen LogP contribution in [0.1, 0.15) is 48.0 Å². The number of aryl methyl sites for hydroxylation is 1. The van der Waals surface area contributed by atoms with Gasteiger partial charge in [-0.15, -0.1) is 0 Å². The molecule has 3 rings (SSSR count). The van der Waals surface area contributed by atoms with Crippen molar-refractivity contribution >= 4 is 5.91 Å². The summed E-state index contributed by atoms with van der Waals surface area (Å²) < 4.78 is 0. The molecule has 2 aliphatic rings. The van der Waals surface area contributed by atoms with Gasteiger partial charge in [-0.2, -0.15) is 0 Å². The van der Waals surface area contributed by atoms with E-state index in [1.54, 1.807) is 0 Å². The first kappa shape index (κ1) is 15.5. The van der Waals surface area contributed by atoms with Crippen LogP contribution in [0.4, 0.5) is 0 Å². The van der Waals surface area contributed by atoms with E-state index < -0.39 is 0 Å². The van der Waals surface area contributed by atoms with Crippen molar-refractivity contribution in [1.82, 2.24) is 9.80 Å². The molecule has 0 aromatic heterocycles. The number of hydrogen-bond acceptors (Lipinski definition) is 2.